The molecule has 34 heavy (non-hydrogen) atoms. The van der Waals surface area contributed by atoms with Gasteiger partial charge < -0.3 is 14.5 Å². The number of alkyl halides is 3. The molecule has 0 bridgehead atoms. The largest absolute Gasteiger partial charge is 0.444 e. The molecule has 0 saturated carbocycles. The molecule has 0 aliphatic heterocycles. The van der Waals surface area contributed by atoms with Gasteiger partial charge in [-0.3, -0.25) is 4.18 Å². The maximum absolute atomic E-state index is 13.1. The third-order valence-corrected chi connectivity index (χ3v) is 10.5. The summed E-state index contributed by atoms with van der Waals surface area (Å²) in [5.74, 6) is 0. The Hall–Kier alpha value is -1.63. The second-order valence-corrected chi connectivity index (χ2v) is 17.1. The lowest BCUT2D eigenvalue weighted by Gasteiger charge is -2.38. The Morgan fingerprint density at radius 2 is 1.53 bits per heavy atom. The topological polar surface area (TPSA) is 90.9 Å². The van der Waals surface area contributed by atoms with Crippen LogP contribution in [0.3, 0.4) is 0 Å². The molecule has 0 heterocycles. The summed E-state index contributed by atoms with van der Waals surface area (Å²) in [7, 11) is -6.39. The molecule has 12 heteroatoms. The summed E-state index contributed by atoms with van der Waals surface area (Å²) < 4.78 is 79.9. The number of rotatable bonds is 8. The molecule has 1 rings (SSSR count). The van der Waals surface area contributed by atoms with Crippen LogP contribution in [-0.4, -0.2) is 47.4 Å². The molecule has 1 aromatic rings. The van der Waals surface area contributed by atoms with E-state index < -0.39 is 54.0 Å². The van der Waals surface area contributed by atoms with Crippen LogP contribution in [0.2, 0.25) is 18.1 Å². The van der Waals surface area contributed by atoms with Gasteiger partial charge in [0.15, 0.2) is 8.32 Å². The van der Waals surface area contributed by atoms with E-state index in [1.165, 1.54) is 0 Å². The van der Waals surface area contributed by atoms with E-state index in [0.29, 0.717) is 0 Å². The van der Waals surface area contributed by atoms with E-state index in [1.807, 2.05) is 33.9 Å². The van der Waals surface area contributed by atoms with Gasteiger partial charge in [-0.25, -0.2) is 4.79 Å². The highest BCUT2D eigenvalue weighted by Gasteiger charge is 2.40. The van der Waals surface area contributed by atoms with E-state index in [2.05, 4.69) is 5.32 Å². The van der Waals surface area contributed by atoms with Crippen LogP contribution >= 0.6 is 0 Å². The summed E-state index contributed by atoms with van der Waals surface area (Å²) in [5, 5.41) is 2.35. The maximum Gasteiger partial charge on any atom is 0.416 e. The van der Waals surface area contributed by atoms with Crippen molar-refractivity contribution in [1.82, 2.24) is 5.32 Å². The summed E-state index contributed by atoms with van der Waals surface area (Å²) in [6, 6.07) is 2.86. The first-order valence-electron chi connectivity index (χ1n) is 10.7. The number of hydrogen-bond acceptors (Lipinski definition) is 6. The van der Waals surface area contributed by atoms with Crippen molar-refractivity contribution in [2.24, 2.45) is 0 Å². The number of nitrogens with one attached hydrogen (secondary N) is 1. The Kier molecular flexibility index (Phi) is 9.43. The lowest BCUT2D eigenvalue weighted by Crippen LogP contribution is -2.47. The lowest BCUT2D eigenvalue weighted by molar-refractivity contribution is -0.137. The molecule has 0 spiro atoms. The average molecular weight is 528 g/mol. The normalized spacial score (nSPS) is 15.5. The number of carbonyl (C=O) groups excluding carboxylic acids is 1. The minimum absolute atomic E-state index is 0.200. The fourth-order valence-corrected chi connectivity index (χ4v) is 4.25. The minimum Gasteiger partial charge on any atom is -0.444 e. The lowest BCUT2D eigenvalue weighted by atomic mass is 10.0. The van der Waals surface area contributed by atoms with Crippen LogP contribution in [0.5, 0.6) is 0 Å². The Balaban J connectivity index is 3.44. The molecule has 0 fully saturated rings. The van der Waals surface area contributed by atoms with Crippen LogP contribution < -0.4 is 5.32 Å². The number of alkyl carbamates (subject to hydrolysis) is 1. The van der Waals surface area contributed by atoms with Crippen molar-refractivity contribution in [3.05, 3.63) is 35.4 Å². The Labute approximate surface area is 201 Å². The van der Waals surface area contributed by atoms with Crippen molar-refractivity contribution in [1.29, 1.82) is 0 Å². The van der Waals surface area contributed by atoms with Crippen LogP contribution in [0.4, 0.5) is 18.0 Å². The standard InChI is InChI=1S/C22H36F3NO6SSi/c1-20(2,3)31-19(27)26-18(15-10-12-16(13-11-15)22(23,24)25)17(32-33(7,28)29)14-30-34(8,9)21(4,5)6/h10-13,17-18H,14H2,1-9H3,(H,26,27)/t17-,18+/m0/s1. The van der Waals surface area contributed by atoms with Crippen molar-refractivity contribution in [3.63, 3.8) is 0 Å². The second kappa shape index (κ2) is 10.5. The molecule has 0 saturated heterocycles. The first-order chi connectivity index (χ1) is 15.0. The van der Waals surface area contributed by atoms with Crippen molar-refractivity contribution in [3.8, 4) is 0 Å². The average Bonchev–Trinajstić information content (AvgIpc) is 2.59. The number of ether oxygens (including phenoxy) is 1. The summed E-state index contributed by atoms with van der Waals surface area (Å²) in [4.78, 5) is 12.5. The number of halogens is 3. The molecule has 196 valence electrons. The highest BCUT2D eigenvalue weighted by Crippen LogP contribution is 2.37. The number of benzene rings is 1. The van der Waals surface area contributed by atoms with Crippen LogP contribution in [-0.2, 0) is 29.6 Å². The Bertz CT molecular complexity index is 935. The van der Waals surface area contributed by atoms with E-state index in [-0.39, 0.29) is 17.2 Å². The van der Waals surface area contributed by atoms with Gasteiger partial charge in [0.2, 0.25) is 0 Å². The monoisotopic (exact) mass is 527 g/mol. The zero-order valence-electron chi connectivity index (χ0n) is 21.2. The van der Waals surface area contributed by atoms with Crippen molar-refractivity contribution < 1.29 is 39.7 Å². The molecule has 0 radical (unpaired) electrons. The molecule has 0 aliphatic carbocycles. The van der Waals surface area contributed by atoms with Gasteiger partial charge in [0, 0.05) is 0 Å². The molecule has 1 aromatic carbocycles. The zero-order valence-corrected chi connectivity index (χ0v) is 23.0. The number of amides is 1. The van der Waals surface area contributed by atoms with Crippen molar-refractivity contribution in [2.75, 3.05) is 12.9 Å². The Morgan fingerprint density at radius 1 is 1.03 bits per heavy atom. The van der Waals surface area contributed by atoms with E-state index in [9.17, 15) is 26.4 Å². The molecular weight excluding hydrogens is 491 g/mol. The summed E-state index contributed by atoms with van der Waals surface area (Å²) >= 11 is 0. The predicted molar refractivity (Wildman–Crippen MR) is 126 cm³/mol. The van der Waals surface area contributed by atoms with Crippen LogP contribution in [0.25, 0.3) is 0 Å². The Morgan fingerprint density at radius 3 is 1.91 bits per heavy atom. The minimum atomic E-state index is -4.55. The third-order valence-electron chi connectivity index (χ3n) is 5.35. The molecule has 0 aliphatic rings. The summed E-state index contributed by atoms with van der Waals surface area (Å²) in [6.07, 6.45) is -5.84. The second-order valence-electron chi connectivity index (χ2n) is 10.7. The van der Waals surface area contributed by atoms with E-state index in [0.717, 1.165) is 30.5 Å². The number of carbonyl (C=O) groups is 1. The first-order valence-corrected chi connectivity index (χ1v) is 15.4. The van der Waals surface area contributed by atoms with Crippen molar-refractivity contribution in [2.45, 2.75) is 83.6 Å². The fourth-order valence-electron chi connectivity index (χ4n) is 2.62. The van der Waals surface area contributed by atoms with Gasteiger partial charge in [0.1, 0.15) is 11.7 Å². The fraction of sp³-hybridized carbons (Fsp3) is 0.682. The SMILES string of the molecule is CC(C)(C)OC(=O)N[C@H](c1ccc(C(F)(F)F)cc1)[C@H](CO[Si](C)(C)C(C)(C)C)OS(C)(=O)=O. The zero-order chi connectivity index (χ0) is 26.8. The van der Waals surface area contributed by atoms with E-state index in [1.54, 1.807) is 20.8 Å². The molecule has 7 nitrogen and oxygen atoms in total. The van der Waals surface area contributed by atoms with Gasteiger partial charge in [0.25, 0.3) is 10.1 Å². The van der Waals surface area contributed by atoms with E-state index >= 15 is 0 Å². The molecule has 1 amide bonds. The smallest absolute Gasteiger partial charge is 0.416 e. The highest BCUT2D eigenvalue weighted by atomic mass is 32.2. The van der Waals surface area contributed by atoms with Gasteiger partial charge >= 0.3 is 12.3 Å². The van der Waals surface area contributed by atoms with Crippen LogP contribution in [0, 0.1) is 0 Å². The van der Waals surface area contributed by atoms with Crippen LogP contribution in [0.15, 0.2) is 24.3 Å². The quantitative estimate of drug-likeness (QED) is 0.348. The molecular formula is C22H36F3NO6SSi. The van der Waals surface area contributed by atoms with E-state index in [4.69, 9.17) is 13.3 Å². The van der Waals surface area contributed by atoms with Gasteiger partial charge in [-0.05, 0) is 56.6 Å². The maximum atomic E-state index is 13.1. The summed E-state index contributed by atoms with van der Waals surface area (Å²) in [5.41, 5.74) is -1.55. The predicted octanol–water partition coefficient (Wildman–Crippen LogP) is 5.64. The van der Waals surface area contributed by atoms with Gasteiger partial charge in [0.05, 0.1) is 24.5 Å². The van der Waals surface area contributed by atoms with Gasteiger partial charge in [-0.15, -0.1) is 0 Å². The first kappa shape index (κ1) is 30.4. The van der Waals surface area contributed by atoms with Crippen molar-refractivity contribution >= 4 is 24.5 Å². The van der Waals surface area contributed by atoms with Gasteiger partial charge in [-0.2, -0.15) is 21.6 Å². The number of hydrogen-bond donors (Lipinski definition) is 1. The summed E-state index contributed by atoms with van der Waals surface area (Å²) in [6.45, 7) is 14.6. The van der Waals surface area contributed by atoms with Crippen LogP contribution in [0.1, 0.15) is 58.7 Å². The third kappa shape index (κ3) is 9.93. The molecule has 2 atom stereocenters. The van der Waals surface area contributed by atoms with Gasteiger partial charge in [-0.1, -0.05) is 32.9 Å². The molecule has 1 N–H and O–H groups in total. The molecule has 0 aromatic heterocycles. The molecule has 0 unspecified atom stereocenters. The highest BCUT2D eigenvalue weighted by molar-refractivity contribution is 7.86.